The molecule has 0 aromatic heterocycles. The lowest BCUT2D eigenvalue weighted by atomic mass is 9.33. The van der Waals surface area contributed by atoms with Crippen LogP contribution in [0.5, 0.6) is 0 Å². The van der Waals surface area contributed by atoms with E-state index in [1.807, 2.05) is 0 Å². The number of aliphatic carboxylic acids is 1. The van der Waals surface area contributed by atoms with E-state index in [1.165, 1.54) is 0 Å². The summed E-state index contributed by atoms with van der Waals surface area (Å²) in [6.07, 6.45) is 9.35. The Bertz CT molecular complexity index is 1120. The first-order valence-electron chi connectivity index (χ1n) is 16.7. The highest BCUT2D eigenvalue weighted by molar-refractivity contribution is 5.75. The molecule has 6 aliphatic rings. The number of carboxylic acid groups (broad SMARTS) is 1. The highest BCUT2D eigenvalue weighted by Crippen LogP contribution is 2.75. The van der Waals surface area contributed by atoms with Gasteiger partial charge in [-0.15, -0.1) is 0 Å². The van der Waals surface area contributed by atoms with Crippen molar-refractivity contribution in [2.45, 2.75) is 137 Å². The van der Waals surface area contributed by atoms with Crippen LogP contribution in [0.15, 0.2) is 12.2 Å². The molecule has 1 heterocycles. The standard InChI is InChI=1S/C35H56O7/c1-30(2)14-16-35(29(39)40)17-15-33(6)20(21(35)18-30)8-9-24-32(5)12-11-25(31(3,4)23(32)10-13-34(24,33)7)42-28-27(38)26(37)22(19-36)41-28/h8-9,20-28,36-38H,10-19H2,1-7H3,(H,39,40)/t20-,21+,22+,23-,24+,25+,26+,27-,28+,32-,33+,34+,35-/m0/s1. The van der Waals surface area contributed by atoms with Crippen molar-refractivity contribution >= 4 is 5.97 Å². The van der Waals surface area contributed by atoms with Gasteiger partial charge in [-0.3, -0.25) is 4.79 Å². The summed E-state index contributed by atoms with van der Waals surface area (Å²) in [6, 6.07) is 0. The topological polar surface area (TPSA) is 116 Å². The fraction of sp³-hybridized carbons (Fsp3) is 0.914. The van der Waals surface area contributed by atoms with E-state index in [0.717, 1.165) is 57.8 Å². The van der Waals surface area contributed by atoms with Gasteiger partial charge in [0, 0.05) is 0 Å². The molecule has 1 saturated heterocycles. The Kier molecular flexibility index (Phi) is 7.20. The Morgan fingerprint density at radius 3 is 2.21 bits per heavy atom. The van der Waals surface area contributed by atoms with Crippen molar-refractivity contribution in [3.05, 3.63) is 12.2 Å². The lowest BCUT2D eigenvalue weighted by Gasteiger charge is -2.71. The maximum Gasteiger partial charge on any atom is 0.309 e. The summed E-state index contributed by atoms with van der Waals surface area (Å²) < 4.78 is 12.2. The van der Waals surface area contributed by atoms with E-state index in [1.54, 1.807) is 0 Å². The second-order valence-electron chi connectivity index (χ2n) is 17.4. The number of aliphatic hydroxyl groups is 3. The number of allylic oxidation sites excluding steroid dienone is 2. The molecule has 0 unspecified atom stereocenters. The van der Waals surface area contributed by atoms with Crippen LogP contribution in [0.1, 0.15) is 106 Å². The van der Waals surface area contributed by atoms with Gasteiger partial charge in [-0.1, -0.05) is 60.6 Å². The van der Waals surface area contributed by atoms with E-state index in [4.69, 9.17) is 9.47 Å². The molecule has 4 saturated carbocycles. The molecule has 238 valence electrons. The van der Waals surface area contributed by atoms with Crippen molar-refractivity contribution in [3.8, 4) is 0 Å². The summed E-state index contributed by atoms with van der Waals surface area (Å²) in [4.78, 5) is 12.9. The Hall–Kier alpha value is -0.990. The molecule has 7 nitrogen and oxygen atoms in total. The van der Waals surface area contributed by atoms with Crippen LogP contribution in [0.4, 0.5) is 0 Å². The predicted octanol–water partition coefficient (Wildman–Crippen LogP) is 5.55. The monoisotopic (exact) mass is 588 g/mol. The highest BCUT2D eigenvalue weighted by Gasteiger charge is 2.70. The second kappa shape index (κ2) is 9.75. The zero-order chi connectivity index (χ0) is 30.7. The van der Waals surface area contributed by atoms with Gasteiger partial charge in [0.1, 0.15) is 18.3 Å². The summed E-state index contributed by atoms with van der Waals surface area (Å²) >= 11 is 0. The van der Waals surface area contributed by atoms with Gasteiger partial charge < -0.3 is 29.9 Å². The molecule has 5 aliphatic carbocycles. The van der Waals surface area contributed by atoms with E-state index < -0.39 is 36.0 Å². The average Bonchev–Trinajstić information content (AvgIpc) is 3.18. The SMILES string of the molecule is CC1(C)CC[C@]2(C(=O)O)CC[C@]3(C)[C@@H](C=C[C@@H]4[C@@]5(C)CC[C@@H](O[C@H]6O[C@H](CO)[C@@H](O)[C@@H]6O)C(C)(C)[C@@H]5CC[C@]43C)[C@H]2C1. The van der Waals surface area contributed by atoms with Crippen molar-refractivity contribution in [1.82, 2.24) is 0 Å². The van der Waals surface area contributed by atoms with E-state index in [9.17, 15) is 25.2 Å². The zero-order valence-corrected chi connectivity index (χ0v) is 26.9. The molecule has 0 amide bonds. The van der Waals surface area contributed by atoms with Crippen molar-refractivity contribution in [1.29, 1.82) is 0 Å². The van der Waals surface area contributed by atoms with Crippen LogP contribution in [0, 0.1) is 56.2 Å². The number of aliphatic hydroxyl groups excluding tert-OH is 3. The van der Waals surface area contributed by atoms with Gasteiger partial charge in [0.25, 0.3) is 0 Å². The van der Waals surface area contributed by atoms with Gasteiger partial charge in [0.15, 0.2) is 6.29 Å². The van der Waals surface area contributed by atoms with Crippen molar-refractivity contribution < 1.29 is 34.7 Å². The van der Waals surface area contributed by atoms with Gasteiger partial charge in [0.05, 0.1) is 18.1 Å². The van der Waals surface area contributed by atoms with Crippen LogP contribution in [0.25, 0.3) is 0 Å². The number of carbonyl (C=O) groups is 1. The second-order valence-corrected chi connectivity index (χ2v) is 17.4. The van der Waals surface area contributed by atoms with Gasteiger partial charge in [-0.2, -0.15) is 0 Å². The molecule has 7 heteroatoms. The summed E-state index contributed by atoms with van der Waals surface area (Å²) in [5, 5.41) is 41.0. The quantitative estimate of drug-likeness (QED) is 0.318. The smallest absolute Gasteiger partial charge is 0.309 e. The molecule has 0 bridgehead atoms. The fourth-order valence-corrected chi connectivity index (χ4v) is 12.1. The minimum Gasteiger partial charge on any atom is -0.481 e. The minimum absolute atomic E-state index is 0.0478. The number of fused-ring (bicyclic) bond motifs is 7. The van der Waals surface area contributed by atoms with Crippen LogP contribution in [-0.4, -0.2) is 63.7 Å². The number of hydrogen-bond donors (Lipinski definition) is 4. The molecule has 1 aliphatic heterocycles. The third kappa shape index (κ3) is 4.05. The molecule has 5 fully saturated rings. The predicted molar refractivity (Wildman–Crippen MR) is 159 cm³/mol. The fourth-order valence-electron chi connectivity index (χ4n) is 12.1. The van der Waals surface area contributed by atoms with Crippen LogP contribution in [0.2, 0.25) is 0 Å². The lowest BCUT2D eigenvalue weighted by molar-refractivity contribution is -0.261. The molecule has 13 atom stereocenters. The third-order valence-corrected chi connectivity index (χ3v) is 14.8. The van der Waals surface area contributed by atoms with E-state index in [0.29, 0.717) is 11.8 Å². The largest absolute Gasteiger partial charge is 0.481 e. The van der Waals surface area contributed by atoms with Crippen LogP contribution >= 0.6 is 0 Å². The Balaban J connectivity index is 1.30. The third-order valence-electron chi connectivity index (χ3n) is 14.8. The van der Waals surface area contributed by atoms with E-state index >= 15 is 0 Å². The molecule has 0 aromatic carbocycles. The van der Waals surface area contributed by atoms with Gasteiger partial charge >= 0.3 is 5.97 Å². The summed E-state index contributed by atoms with van der Waals surface area (Å²) in [5.74, 6) is 0.680. The molecule has 6 rings (SSSR count). The van der Waals surface area contributed by atoms with E-state index in [2.05, 4.69) is 60.6 Å². The number of hydrogen-bond acceptors (Lipinski definition) is 6. The average molecular weight is 589 g/mol. The van der Waals surface area contributed by atoms with Gasteiger partial charge in [0.2, 0.25) is 0 Å². The van der Waals surface area contributed by atoms with Crippen molar-refractivity contribution in [3.63, 3.8) is 0 Å². The summed E-state index contributed by atoms with van der Waals surface area (Å²) in [7, 11) is 0. The number of rotatable bonds is 4. The molecule has 0 radical (unpaired) electrons. The van der Waals surface area contributed by atoms with Crippen LogP contribution < -0.4 is 0 Å². The highest BCUT2D eigenvalue weighted by atomic mass is 16.7. The maximum absolute atomic E-state index is 12.9. The Morgan fingerprint density at radius 2 is 1.57 bits per heavy atom. The lowest BCUT2D eigenvalue weighted by Crippen LogP contribution is -2.66. The Labute approximate surface area is 252 Å². The van der Waals surface area contributed by atoms with Gasteiger partial charge in [-0.05, 0) is 109 Å². The van der Waals surface area contributed by atoms with Crippen LogP contribution in [-0.2, 0) is 14.3 Å². The first-order chi connectivity index (χ1) is 19.5. The Morgan fingerprint density at radius 1 is 0.881 bits per heavy atom. The zero-order valence-electron chi connectivity index (χ0n) is 26.9. The van der Waals surface area contributed by atoms with Crippen molar-refractivity contribution in [2.24, 2.45) is 56.2 Å². The molecule has 0 aromatic rings. The first-order valence-corrected chi connectivity index (χ1v) is 16.7. The van der Waals surface area contributed by atoms with Crippen LogP contribution in [0.3, 0.4) is 0 Å². The molecule has 4 N–H and O–H groups in total. The first kappa shape index (κ1) is 31.0. The minimum atomic E-state index is -1.17. The number of carboxylic acids is 1. The number of ether oxygens (including phenoxy) is 2. The molecule has 42 heavy (non-hydrogen) atoms. The maximum atomic E-state index is 12.9. The van der Waals surface area contributed by atoms with Crippen molar-refractivity contribution in [2.75, 3.05) is 6.61 Å². The molecular formula is C35H56O7. The van der Waals surface area contributed by atoms with Gasteiger partial charge in [-0.25, -0.2) is 0 Å². The normalized spacial score (nSPS) is 54.3. The molecule has 0 spiro atoms. The molecular weight excluding hydrogens is 532 g/mol. The summed E-state index contributed by atoms with van der Waals surface area (Å²) in [6.45, 7) is 16.4. The summed E-state index contributed by atoms with van der Waals surface area (Å²) in [5.41, 5.74) is -0.409. The van der Waals surface area contributed by atoms with E-state index in [-0.39, 0.29) is 51.6 Å².